The molecule has 6 nitrogen and oxygen atoms in total. The number of carbonyl (C=O) groups is 2. The van der Waals surface area contributed by atoms with Gasteiger partial charge in [0, 0.05) is 13.1 Å². The molecule has 0 aromatic heterocycles. The van der Waals surface area contributed by atoms with Crippen LogP contribution in [0, 0.1) is 0 Å². The minimum atomic E-state index is -0.406. The SMILES string of the molecule is CCC(C)(C)OC(=O)NCCCCCCCCNC(=O)OC(C)(C)CC. The molecule has 0 atom stereocenters. The van der Waals surface area contributed by atoms with Crippen LogP contribution >= 0.6 is 0 Å². The average molecular weight is 373 g/mol. The molecule has 0 heterocycles. The minimum absolute atomic E-state index is 0.332. The van der Waals surface area contributed by atoms with Crippen LogP contribution in [0.2, 0.25) is 0 Å². The lowest BCUT2D eigenvalue weighted by molar-refractivity contribution is 0.0353. The zero-order chi connectivity index (χ0) is 20.1. The molecule has 0 saturated heterocycles. The Hall–Kier alpha value is -1.46. The van der Waals surface area contributed by atoms with E-state index in [0.29, 0.717) is 13.1 Å². The topological polar surface area (TPSA) is 76.7 Å². The predicted molar refractivity (Wildman–Crippen MR) is 105 cm³/mol. The number of unbranched alkanes of at least 4 members (excludes halogenated alkanes) is 5. The van der Waals surface area contributed by atoms with Crippen LogP contribution in [-0.4, -0.2) is 36.5 Å². The van der Waals surface area contributed by atoms with Gasteiger partial charge in [-0.2, -0.15) is 0 Å². The molecule has 0 radical (unpaired) electrons. The Kier molecular flexibility index (Phi) is 12.1. The van der Waals surface area contributed by atoms with E-state index in [4.69, 9.17) is 9.47 Å². The molecule has 0 spiro atoms. The number of nitrogens with one attached hydrogen (secondary N) is 2. The van der Waals surface area contributed by atoms with Gasteiger partial charge in [0.25, 0.3) is 0 Å². The van der Waals surface area contributed by atoms with Crippen molar-refractivity contribution in [1.82, 2.24) is 10.6 Å². The maximum atomic E-state index is 11.6. The highest BCUT2D eigenvalue weighted by Gasteiger charge is 2.20. The molecular weight excluding hydrogens is 332 g/mol. The van der Waals surface area contributed by atoms with Crippen LogP contribution < -0.4 is 10.6 Å². The maximum absolute atomic E-state index is 11.6. The Morgan fingerprint density at radius 3 is 1.27 bits per heavy atom. The van der Waals surface area contributed by atoms with E-state index >= 15 is 0 Å². The zero-order valence-electron chi connectivity index (χ0n) is 17.7. The summed E-state index contributed by atoms with van der Waals surface area (Å²) in [5, 5.41) is 5.60. The summed E-state index contributed by atoms with van der Waals surface area (Å²) < 4.78 is 10.6. The Bertz CT molecular complexity index is 371. The quantitative estimate of drug-likeness (QED) is 0.438. The number of ether oxygens (including phenoxy) is 2. The van der Waals surface area contributed by atoms with Crippen LogP contribution in [0.4, 0.5) is 9.59 Å². The highest BCUT2D eigenvalue weighted by Crippen LogP contribution is 2.14. The highest BCUT2D eigenvalue weighted by molar-refractivity contribution is 5.67. The van der Waals surface area contributed by atoms with Crippen LogP contribution in [0.25, 0.3) is 0 Å². The van der Waals surface area contributed by atoms with Gasteiger partial charge >= 0.3 is 12.2 Å². The summed E-state index contributed by atoms with van der Waals surface area (Å²) in [6.07, 6.45) is 7.26. The summed E-state index contributed by atoms with van der Waals surface area (Å²) >= 11 is 0. The van der Waals surface area contributed by atoms with E-state index in [-0.39, 0.29) is 12.2 Å². The molecule has 2 N–H and O–H groups in total. The summed E-state index contributed by atoms with van der Waals surface area (Å²) in [6.45, 7) is 12.9. The van der Waals surface area contributed by atoms with Gasteiger partial charge in [0.1, 0.15) is 11.2 Å². The van der Waals surface area contributed by atoms with Gasteiger partial charge in [-0.05, 0) is 53.4 Å². The molecular formula is C20H40N2O4. The lowest BCUT2D eigenvalue weighted by Crippen LogP contribution is -2.34. The summed E-state index contributed by atoms with van der Waals surface area (Å²) in [5.74, 6) is 0. The number of amides is 2. The van der Waals surface area contributed by atoms with Gasteiger partial charge in [-0.3, -0.25) is 0 Å². The van der Waals surface area contributed by atoms with E-state index in [0.717, 1.165) is 51.4 Å². The van der Waals surface area contributed by atoms with Gasteiger partial charge in [0.2, 0.25) is 0 Å². The molecule has 2 amide bonds. The average Bonchev–Trinajstić information content (AvgIpc) is 2.55. The van der Waals surface area contributed by atoms with Crippen molar-refractivity contribution in [3.8, 4) is 0 Å². The Balaban J connectivity index is 3.47. The van der Waals surface area contributed by atoms with Crippen LogP contribution in [0.1, 0.15) is 92.9 Å². The molecule has 26 heavy (non-hydrogen) atoms. The first-order valence-corrected chi connectivity index (χ1v) is 10.1. The lowest BCUT2D eigenvalue weighted by atomic mass is 10.1. The molecule has 0 aromatic carbocycles. The smallest absolute Gasteiger partial charge is 0.407 e. The van der Waals surface area contributed by atoms with Gasteiger partial charge in [0.15, 0.2) is 0 Å². The predicted octanol–water partition coefficient (Wildman–Crippen LogP) is 5.16. The van der Waals surface area contributed by atoms with Crippen LogP contribution in [-0.2, 0) is 9.47 Å². The fourth-order valence-electron chi connectivity index (χ4n) is 2.06. The number of hydrogen-bond acceptors (Lipinski definition) is 4. The Morgan fingerprint density at radius 2 is 0.962 bits per heavy atom. The standard InChI is InChI=1S/C20H40N2O4/c1-7-19(3,4)25-17(23)21-15-13-11-9-10-12-14-16-22-18(24)26-20(5,6)8-2/h7-16H2,1-6H3,(H,21,23)(H,22,24). The van der Waals surface area contributed by atoms with E-state index in [9.17, 15) is 9.59 Å². The maximum Gasteiger partial charge on any atom is 0.407 e. The fourth-order valence-corrected chi connectivity index (χ4v) is 2.06. The summed E-state index contributed by atoms with van der Waals surface area (Å²) in [5.41, 5.74) is -0.812. The van der Waals surface area contributed by atoms with E-state index in [1.54, 1.807) is 0 Å². The molecule has 6 heteroatoms. The van der Waals surface area contributed by atoms with Gasteiger partial charge in [-0.25, -0.2) is 9.59 Å². The summed E-state index contributed by atoms with van der Waals surface area (Å²) in [4.78, 5) is 23.2. The van der Waals surface area contributed by atoms with Crippen molar-refractivity contribution >= 4 is 12.2 Å². The zero-order valence-corrected chi connectivity index (χ0v) is 17.7. The van der Waals surface area contributed by atoms with Crippen molar-refractivity contribution < 1.29 is 19.1 Å². The van der Waals surface area contributed by atoms with Crippen molar-refractivity contribution in [1.29, 1.82) is 0 Å². The van der Waals surface area contributed by atoms with Gasteiger partial charge in [0.05, 0.1) is 0 Å². The first-order chi connectivity index (χ1) is 12.1. The third kappa shape index (κ3) is 13.8. The number of rotatable bonds is 13. The van der Waals surface area contributed by atoms with Crippen molar-refractivity contribution in [2.45, 2.75) is 104 Å². The third-order valence-electron chi connectivity index (χ3n) is 4.58. The monoisotopic (exact) mass is 372 g/mol. The molecule has 0 aliphatic rings. The van der Waals surface area contributed by atoms with Crippen LogP contribution in [0.3, 0.4) is 0 Å². The second kappa shape index (κ2) is 12.8. The second-order valence-electron chi connectivity index (χ2n) is 7.98. The third-order valence-corrected chi connectivity index (χ3v) is 4.58. The van der Waals surface area contributed by atoms with Crippen molar-refractivity contribution in [2.24, 2.45) is 0 Å². The van der Waals surface area contributed by atoms with Gasteiger partial charge < -0.3 is 20.1 Å². The van der Waals surface area contributed by atoms with Crippen molar-refractivity contribution in [3.05, 3.63) is 0 Å². The Morgan fingerprint density at radius 1 is 0.654 bits per heavy atom. The molecule has 154 valence electrons. The fraction of sp³-hybridized carbons (Fsp3) is 0.900. The highest BCUT2D eigenvalue weighted by atomic mass is 16.6. The van der Waals surface area contributed by atoms with Crippen molar-refractivity contribution in [2.75, 3.05) is 13.1 Å². The molecule has 0 aliphatic heterocycles. The largest absolute Gasteiger partial charge is 0.444 e. The van der Waals surface area contributed by atoms with E-state index in [1.807, 2.05) is 41.5 Å². The second-order valence-corrected chi connectivity index (χ2v) is 7.98. The van der Waals surface area contributed by atoms with Gasteiger partial charge in [-0.15, -0.1) is 0 Å². The summed E-state index contributed by atoms with van der Waals surface area (Å²) in [6, 6.07) is 0. The minimum Gasteiger partial charge on any atom is -0.444 e. The lowest BCUT2D eigenvalue weighted by Gasteiger charge is -2.23. The normalized spacial score (nSPS) is 11.8. The number of alkyl carbamates (subject to hydrolysis) is 2. The van der Waals surface area contributed by atoms with Crippen LogP contribution in [0.5, 0.6) is 0 Å². The van der Waals surface area contributed by atoms with E-state index < -0.39 is 11.2 Å². The molecule has 0 saturated carbocycles. The number of carbonyl (C=O) groups excluding carboxylic acids is 2. The first kappa shape index (κ1) is 24.5. The Labute approximate surface area is 159 Å². The van der Waals surface area contributed by atoms with E-state index in [2.05, 4.69) is 10.6 Å². The molecule has 0 rings (SSSR count). The van der Waals surface area contributed by atoms with E-state index in [1.165, 1.54) is 0 Å². The first-order valence-electron chi connectivity index (χ1n) is 10.1. The number of hydrogen-bond donors (Lipinski definition) is 2. The van der Waals surface area contributed by atoms with Crippen molar-refractivity contribution in [3.63, 3.8) is 0 Å². The molecule has 0 bridgehead atoms. The van der Waals surface area contributed by atoms with Gasteiger partial charge in [-0.1, -0.05) is 39.5 Å². The van der Waals surface area contributed by atoms with Crippen LogP contribution in [0.15, 0.2) is 0 Å². The molecule has 0 fully saturated rings. The molecule has 0 aromatic rings. The molecule has 0 unspecified atom stereocenters. The summed E-state index contributed by atoms with van der Waals surface area (Å²) in [7, 11) is 0. The molecule has 0 aliphatic carbocycles.